The van der Waals surface area contributed by atoms with Crippen molar-refractivity contribution in [3.63, 3.8) is 0 Å². The molecular formula is C25H29N5O2S. The maximum atomic E-state index is 13.5. The number of hydrogen-bond acceptors (Lipinski definition) is 6. The van der Waals surface area contributed by atoms with E-state index in [1.165, 1.54) is 19.3 Å². The number of amides is 2. The number of anilines is 1. The highest BCUT2D eigenvalue weighted by Gasteiger charge is 2.25. The van der Waals surface area contributed by atoms with Gasteiger partial charge in [0.25, 0.3) is 5.91 Å². The monoisotopic (exact) mass is 463 g/mol. The van der Waals surface area contributed by atoms with Crippen LogP contribution in [0.3, 0.4) is 0 Å². The van der Waals surface area contributed by atoms with Gasteiger partial charge in [-0.15, -0.1) is 0 Å². The van der Waals surface area contributed by atoms with Gasteiger partial charge in [0.05, 0.1) is 16.0 Å². The lowest BCUT2D eigenvalue weighted by molar-refractivity contribution is -0.129. The molecule has 0 saturated carbocycles. The van der Waals surface area contributed by atoms with Crippen molar-refractivity contribution in [2.24, 2.45) is 0 Å². The van der Waals surface area contributed by atoms with Crippen molar-refractivity contribution in [2.75, 3.05) is 31.1 Å². The van der Waals surface area contributed by atoms with Crippen LogP contribution in [0.5, 0.6) is 0 Å². The van der Waals surface area contributed by atoms with E-state index in [1.807, 2.05) is 41.3 Å². The summed E-state index contributed by atoms with van der Waals surface area (Å²) in [6, 6.07) is 11.9. The van der Waals surface area contributed by atoms with E-state index in [1.54, 1.807) is 18.3 Å². The number of fused-ring (bicyclic) bond motifs is 1. The first-order chi connectivity index (χ1) is 16.1. The maximum Gasteiger partial charge on any atom is 0.253 e. The lowest BCUT2D eigenvalue weighted by Crippen LogP contribution is -2.46. The average molecular weight is 464 g/mol. The summed E-state index contributed by atoms with van der Waals surface area (Å²) >= 11 is 1.57. The van der Waals surface area contributed by atoms with Crippen molar-refractivity contribution in [1.82, 2.24) is 20.2 Å². The van der Waals surface area contributed by atoms with Crippen LogP contribution in [0.2, 0.25) is 0 Å². The third-order valence-corrected chi connectivity index (χ3v) is 7.70. The second kappa shape index (κ2) is 9.47. The summed E-state index contributed by atoms with van der Waals surface area (Å²) in [6.07, 6.45) is 5.14. The minimum Gasteiger partial charge on any atom is -0.349 e. The smallest absolute Gasteiger partial charge is 0.253 e. The van der Waals surface area contributed by atoms with Crippen LogP contribution >= 0.6 is 11.3 Å². The van der Waals surface area contributed by atoms with Gasteiger partial charge in [-0.3, -0.25) is 9.59 Å². The lowest BCUT2D eigenvalue weighted by atomic mass is 10.0. The van der Waals surface area contributed by atoms with Gasteiger partial charge in [0.15, 0.2) is 10.8 Å². The molecule has 5 rings (SSSR count). The van der Waals surface area contributed by atoms with E-state index in [0.717, 1.165) is 47.0 Å². The number of nitrogens with zero attached hydrogens (tertiary/aromatic N) is 4. The highest BCUT2D eigenvalue weighted by Crippen LogP contribution is 2.34. The van der Waals surface area contributed by atoms with Gasteiger partial charge >= 0.3 is 0 Å². The van der Waals surface area contributed by atoms with Crippen molar-refractivity contribution in [1.29, 1.82) is 0 Å². The molecule has 2 aromatic heterocycles. The topological polar surface area (TPSA) is 78.4 Å². The molecule has 0 bridgehead atoms. The number of carbonyl (C=O) groups excluding carboxylic acids is 2. The second-order valence-corrected chi connectivity index (χ2v) is 9.85. The van der Waals surface area contributed by atoms with Gasteiger partial charge in [-0.1, -0.05) is 41.7 Å². The van der Waals surface area contributed by atoms with Crippen LogP contribution in [-0.4, -0.2) is 58.9 Å². The molecule has 0 aliphatic carbocycles. The predicted octanol–water partition coefficient (Wildman–Crippen LogP) is 4.09. The van der Waals surface area contributed by atoms with Crippen molar-refractivity contribution in [3.05, 3.63) is 42.0 Å². The van der Waals surface area contributed by atoms with Gasteiger partial charge in [-0.25, -0.2) is 4.98 Å². The van der Waals surface area contributed by atoms with Crippen molar-refractivity contribution < 1.29 is 9.59 Å². The molecule has 0 radical (unpaired) electrons. The molecular weight excluding hydrogens is 434 g/mol. The third kappa shape index (κ3) is 4.71. The maximum absolute atomic E-state index is 13.5. The zero-order chi connectivity index (χ0) is 22.8. The van der Waals surface area contributed by atoms with Gasteiger partial charge in [0.2, 0.25) is 5.91 Å². The Kier molecular flexibility index (Phi) is 6.26. The van der Waals surface area contributed by atoms with Crippen LogP contribution in [0.15, 0.2) is 36.4 Å². The highest BCUT2D eigenvalue weighted by atomic mass is 32.1. The highest BCUT2D eigenvalue weighted by molar-refractivity contribution is 7.22. The van der Waals surface area contributed by atoms with Gasteiger partial charge in [-0.2, -0.15) is 4.98 Å². The third-order valence-electron chi connectivity index (χ3n) is 6.57. The van der Waals surface area contributed by atoms with Crippen LogP contribution in [-0.2, 0) is 4.79 Å². The summed E-state index contributed by atoms with van der Waals surface area (Å²) < 4.78 is 0.842. The number of thiazole rings is 1. The second-order valence-electron chi connectivity index (χ2n) is 8.87. The van der Waals surface area contributed by atoms with Gasteiger partial charge in [0, 0.05) is 44.7 Å². The molecule has 1 N–H and O–H groups in total. The number of carbonyl (C=O) groups is 2. The standard InChI is InChI=1S/C25H29N5O2S/c1-17(31)29-14-10-19(11-15-29)26-24(32)20-16-21(18-8-4-2-5-9-18)27-23-22(20)33-25(28-23)30-12-6-3-7-13-30/h2,4-5,8-9,16,19H,3,6-7,10-15H2,1H3,(H,26,32). The minimum atomic E-state index is -0.0882. The van der Waals surface area contributed by atoms with E-state index in [4.69, 9.17) is 9.97 Å². The van der Waals surface area contributed by atoms with Crippen LogP contribution in [0.4, 0.5) is 5.13 Å². The van der Waals surface area contributed by atoms with Gasteiger partial charge in [-0.05, 0) is 38.2 Å². The quantitative estimate of drug-likeness (QED) is 0.631. The number of piperidine rings is 2. The largest absolute Gasteiger partial charge is 0.349 e. The number of rotatable bonds is 4. The Morgan fingerprint density at radius 1 is 1.00 bits per heavy atom. The molecule has 8 heteroatoms. The summed E-state index contributed by atoms with van der Waals surface area (Å²) in [7, 11) is 0. The van der Waals surface area contributed by atoms with Crippen LogP contribution < -0.4 is 10.2 Å². The van der Waals surface area contributed by atoms with E-state index < -0.39 is 0 Å². The normalized spacial score (nSPS) is 17.4. The predicted molar refractivity (Wildman–Crippen MR) is 132 cm³/mol. The van der Waals surface area contributed by atoms with E-state index in [9.17, 15) is 9.59 Å². The zero-order valence-corrected chi connectivity index (χ0v) is 19.7. The van der Waals surface area contributed by atoms with E-state index in [0.29, 0.717) is 24.3 Å². The summed E-state index contributed by atoms with van der Waals surface area (Å²) in [4.78, 5) is 38.9. The van der Waals surface area contributed by atoms with Crippen LogP contribution in [0.25, 0.3) is 21.6 Å². The van der Waals surface area contributed by atoms with Crippen molar-refractivity contribution in [3.8, 4) is 11.3 Å². The summed E-state index contributed by atoms with van der Waals surface area (Å²) in [5.41, 5.74) is 3.00. The molecule has 3 aromatic rings. The van der Waals surface area contributed by atoms with E-state index in [-0.39, 0.29) is 17.9 Å². The number of aromatic nitrogens is 2. The molecule has 2 amide bonds. The fourth-order valence-electron chi connectivity index (χ4n) is 4.65. The van der Waals surface area contributed by atoms with Crippen LogP contribution in [0, 0.1) is 0 Å². The SMILES string of the molecule is CC(=O)N1CCC(NC(=O)c2cc(-c3ccccc3)nc3nc(N4CCCCC4)sc23)CC1. The molecule has 1 aromatic carbocycles. The van der Waals surface area contributed by atoms with Gasteiger partial charge < -0.3 is 15.1 Å². The lowest BCUT2D eigenvalue weighted by Gasteiger charge is -2.31. The Hall–Kier alpha value is -3.00. The van der Waals surface area contributed by atoms with Crippen molar-refractivity contribution >= 4 is 38.6 Å². The molecule has 33 heavy (non-hydrogen) atoms. The number of hydrogen-bond donors (Lipinski definition) is 1. The minimum absolute atomic E-state index is 0.0611. The fraction of sp³-hybridized carbons (Fsp3) is 0.440. The molecule has 0 unspecified atom stereocenters. The first kappa shape index (κ1) is 21.8. The summed E-state index contributed by atoms with van der Waals surface area (Å²) in [5, 5.41) is 4.17. The number of benzene rings is 1. The Labute approximate surface area is 197 Å². The molecule has 0 spiro atoms. The number of likely N-dealkylation sites (tertiary alicyclic amines) is 1. The molecule has 172 valence electrons. The first-order valence-corrected chi connectivity index (χ1v) is 12.6. The Balaban J connectivity index is 1.46. The van der Waals surface area contributed by atoms with Crippen molar-refractivity contribution in [2.45, 2.75) is 45.1 Å². The molecule has 2 aliphatic heterocycles. The fourth-order valence-corrected chi connectivity index (χ4v) is 5.72. The van der Waals surface area contributed by atoms with Gasteiger partial charge in [0.1, 0.15) is 0 Å². The number of nitrogens with one attached hydrogen (secondary N) is 1. The zero-order valence-electron chi connectivity index (χ0n) is 18.9. The first-order valence-electron chi connectivity index (χ1n) is 11.8. The molecule has 7 nitrogen and oxygen atoms in total. The summed E-state index contributed by atoms with van der Waals surface area (Å²) in [6.45, 7) is 4.96. The Bertz CT molecular complexity index is 1150. The molecule has 2 aliphatic rings. The van der Waals surface area contributed by atoms with E-state index >= 15 is 0 Å². The molecule has 2 fully saturated rings. The molecule has 2 saturated heterocycles. The Morgan fingerprint density at radius 2 is 1.73 bits per heavy atom. The Morgan fingerprint density at radius 3 is 2.42 bits per heavy atom. The van der Waals surface area contributed by atoms with E-state index in [2.05, 4.69) is 10.2 Å². The molecule has 0 atom stereocenters. The number of pyridine rings is 1. The summed E-state index contributed by atoms with van der Waals surface area (Å²) in [5.74, 6) is 0.00715. The average Bonchev–Trinajstić information content (AvgIpc) is 3.29. The van der Waals surface area contributed by atoms with Crippen LogP contribution in [0.1, 0.15) is 49.4 Å². The molecule has 4 heterocycles.